The van der Waals surface area contributed by atoms with E-state index >= 15 is 0 Å². The van der Waals surface area contributed by atoms with Gasteiger partial charge < -0.3 is 10.4 Å². The Bertz CT molecular complexity index is 963. The summed E-state index contributed by atoms with van der Waals surface area (Å²) in [5, 5.41) is 18.8. The quantitative estimate of drug-likeness (QED) is 0.662. The molecule has 0 saturated carbocycles. The Labute approximate surface area is 143 Å². The van der Waals surface area contributed by atoms with Crippen molar-refractivity contribution in [3.8, 4) is 16.3 Å². The van der Waals surface area contributed by atoms with Crippen LogP contribution in [0.15, 0.2) is 53.4 Å². The van der Waals surface area contributed by atoms with Gasteiger partial charge in [-0.05, 0) is 36.8 Å². The van der Waals surface area contributed by atoms with Crippen LogP contribution < -0.4 is 10.5 Å². The molecule has 24 heavy (non-hydrogen) atoms. The Kier molecular flexibility index (Phi) is 4.27. The number of sulfonamides is 1. The van der Waals surface area contributed by atoms with Gasteiger partial charge in [0.2, 0.25) is 15.9 Å². The fourth-order valence-electron chi connectivity index (χ4n) is 2.11. The number of aromatic hydroxyl groups is 1. The van der Waals surface area contributed by atoms with Crippen LogP contribution in [0.3, 0.4) is 0 Å². The lowest BCUT2D eigenvalue weighted by Gasteiger charge is -2.02. The van der Waals surface area contributed by atoms with Gasteiger partial charge in [0.15, 0.2) is 5.13 Å². The minimum atomic E-state index is -3.74. The molecule has 0 bridgehead atoms. The maximum atomic E-state index is 11.3. The third kappa shape index (κ3) is 3.56. The number of thiazole rings is 1. The molecule has 1 aromatic heterocycles. The Morgan fingerprint density at radius 1 is 1.08 bits per heavy atom. The van der Waals surface area contributed by atoms with Gasteiger partial charge in [-0.2, -0.15) is 4.98 Å². The number of anilines is 2. The molecule has 0 aliphatic heterocycles. The molecule has 0 amide bonds. The highest BCUT2D eigenvalue weighted by atomic mass is 32.2. The van der Waals surface area contributed by atoms with Crippen LogP contribution in [-0.4, -0.2) is 18.5 Å². The van der Waals surface area contributed by atoms with Crippen LogP contribution in [0, 0.1) is 6.92 Å². The van der Waals surface area contributed by atoms with Gasteiger partial charge in [0.25, 0.3) is 0 Å². The first-order valence-electron chi connectivity index (χ1n) is 6.99. The zero-order valence-corrected chi connectivity index (χ0v) is 14.4. The molecule has 0 radical (unpaired) electrons. The number of primary sulfonamides is 1. The molecular formula is C16H15N3O3S2. The van der Waals surface area contributed by atoms with E-state index in [0.29, 0.717) is 15.6 Å². The van der Waals surface area contributed by atoms with E-state index in [1.165, 1.54) is 23.5 Å². The summed E-state index contributed by atoms with van der Waals surface area (Å²) in [4.78, 5) is 4.66. The Morgan fingerprint density at radius 2 is 1.71 bits per heavy atom. The summed E-state index contributed by atoms with van der Waals surface area (Å²) in [6.07, 6.45) is 0. The largest absolute Gasteiger partial charge is 0.492 e. The summed E-state index contributed by atoms with van der Waals surface area (Å²) >= 11 is 1.27. The van der Waals surface area contributed by atoms with E-state index in [1.54, 1.807) is 12.1 Å². The molecule has 8 heteroatoms. The lowest BCUT2D eigenvalue weighted by atomic mass is 10.2. The average Bonchev–Trinajstić information content (AvgIpc) is 2.89. The van der Waals surface area contributed by atoms with E-state index in [1.807, 2.05) is 31.2 Å². The van der Waals surface area contributed by atoms with Crippen molar-refractivity contribution in [3.63, 3.8) is 0 Å². The molecule has 1 heterocycles. The van der Waals surface area contributed by atoms with Crippen LogP contribution in [-0.2, 0) is 10.0 Å². The fraction of sp³-hybridized carbons (Fsp3) is 0.0625. The van der Waals surface area contributed by atoms with Gasteiger partial charge in [0, 0.05) is 5.69 Å². The zero-order valence-electron chi connectivity index (χ0n) is 12.7. The minimum Gasteiger partial charge on any atom is -0.492 e. The first-order chi connectivity index (χ1) is 11.3. The number of nitrogens with one attached hydrogen (secondary N) is 1. The van der Waals surface area contributed by atoms with Gasteiger partial charge in [0.05, 0.1) is 9.77 Å². The van der Waals surface area contributed by atoms with Crippen LogP contribution in [0.5, 0.6) is 5.88 Å². The molecule has 0 aliphatic rings. The van der Waals surface area contributed by atoms with Crippen LogP contribution >= 0.6 is 11.3 Å². The normalized spacial score (nSPS) is 11.4. The molecular weight excluding hydrogens is 346 g/mol. The molecule has 0 saturated heterocycles. The van der Waals surface area contributed by atoms with Gasteiger partial charge in [-0.25, -0.2) is 13.6 Å². The molecule has 4 N–H and O–H groups in total. The van der Waals surface area contributed by atoms with Crippen LogP contribution in [0.25, 0.3) is 10.4 Å². The highest BCUT2D eigenvalue weighted by Gasteiger charge is 2.14. The summed E-state index contributed by atoms with van der Waals surface area (Å²) in [5.41, 5.74) is 2.68. The monoisotopic (exact) mass is 361 g/mol. The third-order valence-corrected chi connectivity index (χ3v) is 5.30. The highest BCUT2D eigenvalue weighted by Crippen LogP contribution is 2.38. The van der Waals surface area contributed by atoms with Crippen molar-refractivity contribution < 1.29 is 13.5 Å². The number of nitrogens with two attached hydrogens (primary N) is 1. The average molecular weight is 361 g/mol. The Hall–Kier alpha value is -2.42. The maximum absolute atomic E-state index is 11.3. The predicted octanol–water partition coefficient (Wildman–Crippen LogP) is 3.22. The second kappa shape index (κ2) is 6.23. The van der Waals surface area contributed by atoms with E-state index < -0.39 is 10.0 Å². The number of aromatic nitrogens is 1. The topological polar surface area (TPSA) is 105 Å². The summed E-state index contributed by atoms with van der Waals surface area (Å²) in [7, 11) is -3.74. The number of hydrogen-bond donors (Lipinski definition) is 3. The van der Waals surface area contributed by atoms with Gasteiger partial charge in [-0.15, -0.1) is 0 Å². The molecule has 0 atom stereocenters. The number of hydrogen-bond acceptors (Lipinski definition) is 6. The lowest BCUT2D eigenvalue weighted by Crippen LogP contribution is -2.11. The Balaban J connectivity index is 1.87. The van der Waals surface area contributed by atoms with Crippen molar-refractivity contribution in [2.75, 3.05) is 5.32 Å². The van der Waals surface area contributed by atoms with E-state index in [2.05, 4.69) is 10.3 Å². The first-order valence-corrected chi connectivity index (χ1v) is 9.36. The lowest BCUT2D eigenvalue weighted by molar-refractivity contribution is 0.460. The number of benzene rings is 2. The zero-order chi connectivity index (χ0) is 17.3. The molecule has 3 aromatic rings. The van der Waals surface area contributed by atoms with Crippen molar-refractivity contribution in [1.29, 1.82) is 0 Å². The second-order valence-corrected chi connectivity index (χ2v) is 7.79. The van der Waals surface area contributed by atoms with Crippen molar-refractivity contribution in [1.82, 2.24) is 4.98 Å². The summed E-state index contributed by atoms with van der Waals surface area (Å²) in [6, 6.07) is 13.8. The molecule has 2 aromatic carbocycles. The van der Waals surface area contributed by atoms with Crippen LogP contribution in [0.4, 0.5) is 10.8 Å². The first kappa shape index (κ1) is 16.4. The molecule has 124 valence electrons. The molecule has 0 fully saturated rings. The standard InChI is InChI=1S/C16H15N3O3S2/c1-10-2-6-12(7-3-10)18-16-19-15(20)14(23-16)11-4-8-13(9-5-11)24(17,21)22/h2-9,20H,1H3,(H,18,19)(H2,17,21,22). The van der Waals surface area contributed by atoms with Crippen molar-refractivity contribution in [3.05, 3.63) is 54.1 Å². The van der Waals surface area contributed by atoms with E-state index in [0.717, 1.165) is 11.3 Å². The van der Waals surface area contributed by atoms with Crippen molar-refractivity contribution in [2.45, 2.75) is 11.8 Å². The second-order valence-electron chi connectivity index (χ2n) is 5.23. The third-order valence-electron chi connectivity index (χ3n) is 3.36. The molecule has 0 unspecified atom stereocenters. The maximum Gasteiger partial charge on any atom is 0.238 e. The molecule has 6 nitrogen and oxygen atoms in total. The smallest absolute Gasteiger partial charge is 0.238 e. The fourth-order valence-corrected chi connectivity index (χ4v) is 3.51. The summed E-state index contributed by atoms with van der Waals surface area (Å²) < 4.78 is 22.6. The molecule has 0 aliphatic carbocycles. The number of nitrogens with zero attached hydrogens (tertiary/aromatic N) is 1. The van der Waals surface area contributed by atoms with Gasteiger partial charge in [-0.1, -0.05) is 41.2 Å². The predicted molar refractivity (Wildman–Crippen MR) is 95.0 cm³/mol. The van der Waals surface area contributed by atoms with Gasteiger partial charge in [-0.3, -0.25) is 0 Å². The van der Waals surface area contributed by atoms with E-state index in [9.17, 15) is 13.5 Å². The van der Waals surface area contributed by atoms with Gasteiger partial charge in [0.1, 0.15) is 0 Å². The Morgan fingerprint density at radius 3 is 2.29 bits per heavy atom. The SMILES string of the molecule is Cc1ccc(Nc2nc(O)c(-c3ccc(S(N)(=O)=O)cc3)s2)cc1. The van der Waals surface area contributed by atoms with E-state index in [-0.39, 0.29) is 10.8 Å². The molecule has 3 rings (SSSR count). The highest BCUT2D eigenvalue weighted by molar-refractivity contribution is 7.89. The summed E-state index contributed by atoms with van der Waals surface area (Å²) in [6.45, 7) is 2.00. The summed E-state index contributed by atoms with van der Waals surface area (Å²) in [5.74, 6) is -0.113. The van der Waals surface area contributed by atoms with Crippen LogP contribution in [0.2, 0.25) is 0 Å². The molecule has 0 spiro atoms. The van der Waals surface area contributed by atoms with Crippen molar-refractivity contribution in [2.24, 2.45) is 5.14 Å². The number of rotatable bonds is 4. The van der Waals surface area contributed by atoms with Gasteiger partial charge >= 0.3 is 0 Å². The van der Waals surface area contributed by atoms with Crippen LogP contribution in [0.1, 0.15) is 5.56 Å². The van der Waals surface area contributed by atoms with Crippen molar-refractivity contribution >= 4 is 32.2 Å². The number of aryl methyl sites for hydroxylation is 1. The van der Waals surface area contributed by atoms with E-state index in [4.69, 9.17) is 5.14 Å². The minimum absolute atomic E-state index is 0.0215.